The van der Waals surface area contributed by atoms with Crippen LogP contribution in [0.4, 0.5) is 0 Å². The van der Waals surface area contributed by atoms with Gasteiger partial charge in [-0.1, -0.05) is 40.5 Å². The number of carbonyl (C=O) groups is 1. The minimum Gasteiger partial charge on any atom is -0.353 e. The van der Waals surface area contributed by atoms with E-state index in [0.717, 1.165) is 22.9 Å². The number of hydrogen-bond donors (Lipinski definition) is 2. The molecule has 1 amide bonds. The molecule has 2 unspecified atom stereocenters. The third-order valence-electron chi connectivity index (χ3n) is 5.01. The van der Waals surface area contributed by atoms with E-state index in [0.29, 0.717) is 30.3 Å². The Morgan fingerprint density at radius 3 is 2.57 bits per heavy atom. The van der Waals surface area contributed by atoms with Crippen molar-refractivity contribution in [1.82, 2.24) is 5.32 Å². The van der Waals surface area contributed by atoms with Crippen LogP contribution in [0, 0.1) is 11.8 Å². The molecule has 2 aliphatic carbocycles. The van der Waals surface area contributed by atoms with Gasteiger partial charge in [-0.25, -0.2) is 0 Å². The van der Waals surface area contributed by atoms with Gasteiger partial charge in [0.15, 0.2) is 0 Å². The molecular formula is C17H23BrN2O. The predicted octanol–water partition coefficient (Wildman–Crippen LogP) is 3.01. The Labute approximate surface area is 134 Å². The van der Waals surface area contributed by atoms with Crippen LogP contribution in [-0.2, 0) is 11.2 Å². The number of fused-ring (bicyclic) bond motifs is 2. The van der Waals surface area contributed by atoms with E-state index in [1.165, 1.54) is 19.3 Å². The molecule has 21 heavy (non-hydrogen) atoms. The van der Waals surface area contributed by atoms with E-state index in [1.54, 1.807) is 0 Å². The van der Waals surface area contributed by atoms with Gasteiger partial charge in [-0.2, -0.15) is 0 Å². The van der Waals surface area contributed by atoms with Crippen LogP contribution >= 0.6 is 15.9 Å². The van der Waals surface area contributed by atoms with E-state index in [4.69, 9.17) is 5.73 Å². The molecule has 2 bridgehead atoms. The molecule has 2 aliphatic rings. The van der Waals surface area contributed by atoms with Crippen LogP contribution in [-0.4, -0.2) is 18.0 Å². The molecule has 0 saturated heterocycles. The molecule has 0 aliphatic heterocycles. The van der Waals surface area contributed by atoms with Crippen molar-refractivity contribution in [2.24, 2.45) is 17.6 Å². The lowest BCUT2D eigenvalue weighted by molar-refractivity contribution is -0.122. The maximum absolute atomic E-state index is 12.4. The summed E-state index contributed by atoms with van der Waals surface area (Å²) in [4.78, 5) is 12.4. The van der Waals surface area contributed by atoms with Crippen LogP contribution in [0.5, 0.6) is 0 Å². The van der Waals surface area contributed by atoms with E-state index in [2.05, 4.69) is 21.2 Å². The Morgan fingerprint density at radius 1 is 1.24 bits per heavy atom. The molecule has 2 atom stereocenters. The lowest BCUT2D eigenvalue weighted by Crippen LogP contribution is -2.54. The zero-order chi connectivity index (χ0) is 14.8. The van der Waals surface area contributed by atoms with Crippen molar-refractivity contribution < 1.29 is 4.79 Å². The van der Waals surface area contributed by atoms with E-state index in [9.17, 15) is 4.79 Å². The maximum atomic E-state index is 12.4. The van der Waals surface area contributed by atoms with Crippen LogP contribution in [0.15, 0.2) is 28.7 Å². The Kier molecular flexibility index (Phi) is 4.65. The smallest absolute Gasteiger partial charge is 0.224 e. The predicted molar refractivity (Wildman–Crippen MR) is 87.8 cm³/mol. The molecule has 1 aromatic rings. The van der Waals surface area contributed by atoms with Gasteiger partial charge in [0.05, 0.1) is 6.42 Å². The van der Waals surface area contributed by atoms with Crippen LogP contribution in [0.2, 0.25) is 0 Å². The first-order chi connectivity index (χ1) is 10.1. The quantitative estimate of drug-likeness (QED) is 0.880. The monoisotopic (exact) mass is 350 g/mol. The van der Waals surface area contributed by atoms with Gasteiger partial charge in [0.25, 0.3) is 0 Å². The summed E-state index contributed by atoms with van der Waals surface area (Å²) >= 11 is 3.51. The highest BCUT2D eigenvalue weighted by molar-refractivity contribution is 9.10. The first-order valence-electron chi connectivity index (χ1n) is 7.92. The van der Waals surface area contributed by atoms with Gasteiger partial charge >= 0.3 is 0 Å². The summed E-state index contributed by atoms with van der Waals surface area (Å²) in [5.41, 5.74) is 7.19. The molecule has 3 rings (SSSR count). The Hall–Kier alpha value is -0.870. The molecule has 114 valence electrons. The Bertz CT molecular complexity index is 505. The summed E-state index contributed by atoms with van der Waals surface area (Å²) in [6.45, 7) is 0. The molecule has 2 saturated carbocycles. The van der Waals surface area contributed by atoms with Gasteiger partial charge in [-0.05, 0) is 49.1 Å². The number of halogens is 1. The van der Waals surface area contributed by atoms with Crippen molar-refractivity contribution in [3.63, 3.8) is 0 Å². The number of rotatable bonds is 3. The average Bonchev–Trinajstić information content (AvgIpc) is 2.42. The minimum atomic E-state index is 0.138. The number of nitrogens with one attached hydrogen (secondary N) is 1. The van der Waals surface area contributed by atoms with Crippen molar-refractivity contribution in [1.29, 1.82) is 0 Å². The first kappa shape index (κ1) is 15.0. The highest BCUT2D eigenvalue weighted by Gasteiger charge is 2.39. The molecule has 3 N–H and O–H groups in total. The molecule has 1 aromatic carbocycles. The molecular weight excluding hydrogens is 328 g/mol. The fourth-order valence-corrected chi connectivity index (χ4v) is 4.50. The van der Waals surface area contributed by atoms with E-state index in [-0.39, 0.29) is 5.91 Å². The fourth-order valence-electron chi connectivity index (χ4n) is 4.08. The van der Waals surface area contributed by atoms with Gasteiger partial charge in [-0.15, -0.1) is 0 Å². The summed E-state index contributed by atoms with van der Waals surface area (Å²) in [5, 5.41) is 3.30. The van der Waals surface area contributed by atoms with E-state index >= 15 is 0 Å². The van der Waals surface area contributed by atoms with Crippen molar-refractivity contribution in [3.05, 3.63) is 34.3 Å². The van der Waals surface area contributed by atoms with E-state index < -0.39 is 0 Å². The topological polar surface area (TPSA) is 55.1 Å². The third kappa shape index (κ3) is 3.49. The summed E-state index contributed by atoms with van der Waals surface area (Å²) in [6.07, 6.45) is 6.30. The van der Waals surface area contributed by atoms with Crippen LogP contribution in [0.25, 0.3) is 0 Å². The molecule has 0 aromatic heterocycles. The normalized spacial score (nSPS) is 31.7. The molecule has 0 radical (unpaired) electrons. The van der Waals surface area contributed by atoms with Crippen molar-refractivity contribution in [3.8, 4) is 0 Å². The molecule has 2 fully saturated rings. The SMILES string of the molecule is NC1CC2CCCC(C1)C2NC(=O)Cc1ccccc1Br. The number of amides is 1. The average molecular weight is 351 g/mol. The summed E-state index contributed by atoms with van der Waals surface area (Å²) in [5.74, 6) is 1.30. The van der Waals surface area contributed by atoms with Gasteiger partial charge in [0, 0.05) is 16.6 Å². The van der Waals surface area contributed by atoms with Crippen LogP contribution in [0.1, 0.15) is 37.7 Å². The summed E-state index contributed by atoms with van der Waals surface area (Å²) in [7, 11) is 0. The van der Waals surface area contributed by atoms with Gasteiger partial charge in [0.1, 0.15) is 0 Å². The van der Waals surface area contributed by atoms with E-state index in [1.807, 2.05) is 24.3 Å². The van der Waals surface area contributed by atoms with Gasteiger partial charge < -0.3 is 11.1 Å². The first-order valence-corrected chi connectivity index (χ1v) is 8.71. The number of carbonyl (C=O) groups excluding carboxylic acids is 1. The second-order valence-corrected chi connectivity index (χ2v) is 7.40. The highest BCUT2D eigenvalue weighted by atomic mass is 79.9. The zero-order valence-electron chi connectivity index (χ0n) is 12.2. The third-order valence-corrected chi connectivity index (χ3v) is 5.79. The standard InChI is InChI=1S/C17H23BrN2O/c18-15-7-2-1-4-11(15)10-16(21)20-17-12-5-3-6-13(17)9-14(19)8-12/h1-2,4,7,12-14,17H,3,5-6,8-10,19H2,(H,20,21). The second-order valence-electron chi connectivity index (χ2n) is 6.54. The van der Waals surface area contributed by atoms with Crippen molar-refractivity contribution in [2.75, 3.05) is 0 Å². The number of hydrogen-bond acceptors (Lipinski definition) is 2. The van der Waals surface area contributed by atoms with Crippen LogP contribution in [0.3, 0.4) is 0 Å². The maximum Gasteiger partial charge on any atom is 0.224 e. The Balaban J connectivity index is 1.63. The molecule has 3 nitrogen and oxygen atoms in total. The summed E-state index contributed by atoms with van der Waals surface area (Å²) < 4.78 is 1.01. The number of benzene rings is 1. The Morgan fingerprint density at radius 2 is 1.90 bits per heavy atom. The lowest BCUT2D eigenvalue weighted by atomic mass is 9.67. The molecule has 0 spiro atoms. The van der Waals surface area contributed by atoms with Crippen molar-refractivity contribution >= 4 is 21.8 Å². The van der Waals surface area contributed by atoms with Gasteiger partial charge in [0.2, 0.25) is 5.91 Å². The second kappa shape index (κ2) is 6.49. The molecule has 0 heterocycles. The van der Waals surface area contributed by atoms with Crippen molar-refractivity contribution in [2.45, 2.75) is 50.6 Å². The number of nitrogens with two attached hydrogens (primary N) is 1. The highest BCUT2D eigenvalue weighted by Crippen LogP contribution is 2.39. The lowest BCUT2D eigenvalue weighted by Gasteiger charge is -2.45. The van der Waals surface area contributed by atoms with Gasteiger partial charge in [-0.3, -0.25) is 4.79 Å². The minimum absolute atomic E-state index is 0.138. The zero-order valence-corrected chi connectivity index (χ0v) is 13.8. The molecule has 4 heteroatoms. The largest absolute Gasteiger partial charge is 0.353 e. The summed E-state index contributed by atoms with van der Waals surface area (Å²) in [6, 6.07) is 8.60. The van der Waals surface area contributed by atoms with Crippen LogP contribution < -0.4 is 11.1 Å². The fraction of sp³-hybridized carbons (Fsp3) is 0.588.